The number of nitrogens with two attached hydrogens (primary N) is 1. The second-order valence-electron chi connectivity index (χ2n) is 5.99. The summed E-state index contributed by atoms with van der Waals surface area (Å²) in [6, 6.07) is 13.8. The van der Waals surface area contributed by atoms with Crippen LogP contribution in [0.25, 0.3) is 0 Å². The number of carbonyl (C=O) groups excluding carboxylic acids is 1. The van der Waals surface area contributed by atoms with Gasteiger partial charge in [0, 0.05) is 17.8 Å². The van der Waals surface area contributed by atoms with Crippen molar-refractivity contribution >= 4 is 17.3 Å². The van der Waals surface area contributed by atoms with Gasteiger partial charge >= 0.3 is 0 Å². The number of amides is 1. The fourth-order valence-electron chi connectivity index (χ4n) is 2.55. The van der Waals surface area contributed by atoms with Gasteiger partial charge in [-0.15, -0.1) is 0 Å². The standard InChI is InChI=1S/C19H24N2O/c1-13(2)17-9-4-6-14(3)19(17)21-18(22)11-10-15-7-5-8-16(20)12-15/h4-9,12-13H,10-11,20H2,1-3H3,(H,21,22). The fraction of sp³-hybridized carbons (Fsp3) is 0.316. The van der Waals surface area contributed by atoms with Gasteiger partial charge < -0.3 is 11.1 Å². The van der Waals surface area contributed by atoms with Crippen LogP contribution in [0.3, 0.4) is 0 Å². The maximum Gasteiger partial charge on any atom is 0.224 e. The van der Waals surface area contributed by atoms with Crippen LogP contribution in [0.4, 0.5) is 11.4 Å². The summed E-state index contributed by atoms with van der Waals surface area (Å²) < 4.78 is 0. The molecular formula is C19H24N2O. The molecule has 2 aromatic carbocycles. The Labute approximate surface area is 132 Å². The number of rotatable bonds is 5. The van der Waals surface area contributed by atoms with Crippen molar-refractivity contribution in [2.24, 2.45) is 0 Å². The molecule has 0 spiro atoms. The van der Waals surface area contributed by atoms with Crippen LogP contribution in [0.1, 0.15) is 42.9 Å². The van der Waals surface area contributed by atoms with Crippen molar-refractivity contribution < 1.29 is 4.79 Å². The Morgan fingerprint density at radius 1 is 1.18 bits per heavy atom. The number of aryl methyl sites for hydroxylation is 2. The van der Waals surface area contributed by atoms with E-state index in [0.29, 0.717) is 18.8 Å². The molecule has 0 saturated heterocycles. The van der Waals surface area contributed by atoms with Crippen LogP contribution in [0, 0.1) is 6.92 Å². The van der Waals surface area contributed by atoms with Crippen LogP contribution >= 0.6 is 0 Å². The van der Waals surface area contributed by atoms with Crippen LogP contribution in [0.2, 0.25) is 0 Å². The molecule has 0 atom stereocenters. The average molecular weight is 296 g/mol. The first-order valence-electron chi connectivity index (χ1n) is 7.71. The molecule has 0 bridgehead atoms. The molecular weight excluding hydrogens is 272 g/mol. The van der Waals surface area contributed by atoms with E-state index in [1.165, 1.54) is 5.56 Å². The van der Waals surface area contributed by atoms with Gasteiger partial charge in [0.05, 0.1) is 0 Å². The smallest absolute Gasteiger partial charge is 0.224 e. The van der Waals surface area contributed by atoms with Crippen molar-refractivity contribution in [3.63, 3.8) is 0 Å². The van der Waals surface area contributed by atoms with Crippen LogP contribution in [-0.2, 0) is 11.2 Å². The highest BCUT2D eigenvalue weighted by Gasteiger charge is 2.12. The quantitative estimate of drug-likeness (QED) is 0.809. The van der Waals surface area contributed by atoms with E-state index in [1.54, 1.807) is 0 Å². The zero-order valence-corrected chi connectivity index (χ0v) is 13.5. The Morgan fingerprint density at radius 3 is 2.59 bits per heavy atom. The second kappa shape index (κ2) is 7.12. The number of carbonyl (C=O) groups is 1. The molecule has 0 aliphatic carbocycles. The number of hydrogen-bond acceptors (Lipinski definition) is 2. The highest BCUT2D eigenvalue weighted by Crippen LogP contribution is 2.27. The number of anilines is 2. The van der Waals surface area contributed by atoms with Crippen molar-refractivity contribution in [3.05, 3.63) is 59.2 Å². The van der Waals surface area contributed by atoms with Crippen LogP contribution in [0.5, 0.6) is 0 Å². The lowest BCUT2D eigenvalue weighted by molar-refractivity contribution is -0.116. The van der Waals surface area contributed by atoms with E-state index < -0.39 is 0 Å². The first-order valence-corrected chi connectivity index (χ1v) is 7.71. The lowest BCUT2D eigenvalue weighted by atomic mass is 9.98. The summed E-state index contributed by atoms with van der Waals surface area (Å²) in [7, 11) is 0. The normalized spacial score (nSPS) is 10.7. The minimum Gasteiger partial charge on any atom is -0.399 e. The SMILES string of the molecule is Cc1cccc(C(C)C)c1NC(=O)CCc1cccc(N)c1. The highest BCUT2D eigenvalue weighted by molar-refractivity contribution is 5.92. The first kappa shape index (κ1) is 16.1. The Bertz CT molecular complexity index is 662. The van der Waals surface area contributed by atoms with Crippen LogP contribution in [0.15, 0.2) is 42.5 Å². The number of benzene rings is 2. The monoisotopic (exact) mass is 296 g/mol. The third-order valence-corrected chi connectivity index (χ3v) is 3.78. The second-order valence-corrected chi connectivity index (χ2v) is 5.99. The van der Waals surface area contributed by atoms with Crippen molar-refractivity contribution in [2.45, 2.75) is 39.5 Å². The zero-order chi connectivity index (χ0) is 16.1. The zero-order valence-electron chi connectivity index (χ0n) is 13.5. The number of nitrogen functional groups attached to an aromatic ring is 1. The van der Waals surface area contributed by atoms with Crippen molar-refractivity contribution in [1.82, 2.24) is 0 Å². The molecule has 22 heavy (non-hydrogen) atoms. The molecule has 0 fully saturated rings. The Balaban J connectivity index is 2.03. The molecule has 3 N–H and O–H groups in total. The molecule has 0 unspecified atom stereocenters. The summed E-state index contributed by atoms with van der Waals surface area (Å²) in [5.41, 5.74) is 10.8. The van der Waals surface area contributed by atoms with Gasteiger partial charge in [-0.2, -0.15) is 0 Å². The lowest BCUT2D eigenvalue weighted by Gasteiger charge is -2.16. The summed E-state index contributed by atoms with van der Waals surface area (Å²) >= 11 is 0. The number of hydrogen-bond donors (Lipinski definition) is 2. The molecule has 0 saturated carbocycles. The maximum atomic E-state index is 12.3. The van der Waals surface area contributed by atoms with Gasteiger partial charge in [0.15, 0.2) is 0 Å². The van der Waals surface area contributed by atoms with E-state index in [2.05, 4.69) is 25.2 Å². The minimum atomic E-state index is 0.0404. The number of nitrogens with one attached hydrogen (secondary N) is 1. The molecule has 0 heterocycles. The van der Waals surface area contributed by atoms with E-state index in [4.69, 9.17) is 5.73 Å². The minimum absolute atomic E-state index is 0.0404. The fourth-order valence-corrected chi connectivity index (χ4v) is 2.55. The Kier molecular flexibility index (Phi) is 5.21. The predicted molar refractivity (Wildman–Crippen MR) is 93.1 cm³/mol. The summed E-state index contributed by atoms with van der Waals surface area (Å²) in [5, 5.41) is 3.07. The average Bonchev–Trinajstić information content (AvgIpc) is 2.47. The molecule has 116 valence electrons. The van der Waals surface area contributed by atoms with Crippen LogP contribution in [-0.4, -0.2) is 5.91 Å². The van der Waals surface area contributed by atoms with E-state index in [0.717, 1.165) is 22.5 Å². The molecule has 0 aliphatic heterocycles. The van der Waals surface area contributed by atoms with Gasteiger partial charge in [-0.3, -0.25) is 4.79 Å². The molecule has 1 amide bonds. The lowest BCUT2D eigenvalue weighted by Crippen LogP contribution is -2.15. The third kappa shape index (κ3) is 4.10. The van der Waals surface area contributed by atoms with Gasteiger partial charge in [0.25, 0.3) is 0 Å². The molecule has 0 aromatic heterocycles. The van der Waals surface area contributed by atoms with Crippen molar-refractivity contribution in [1.29, 1.82) is 0 Å². The molecule has 2 aromatic rings. The van der Waals surface area contributed by atoms with Gasteiger partial charge in [-0.1, -0.05) is 44.2 Å². The highest BCUT2D eigenvalue weighted by atomic mass is 16.1. The van der Waals surface area contributed by atoms with E-state index >= 15 is 0 Å². The predicted octanol–water partition coefficient (Wildman–Crippen LogP) is 4.27. The van der Waals surface area contributed by atoms with Gasteiger partial charge in [0.2, 0.25) is 5.91 Å². The van der Waals surface area contributed by atoms with Crippen molar-refractivity contribution in [2.75, 3.05) is 11.1 Å². The summed E-state index contributed by atoms with van der Waals surface area (Å²) in [4.78, 5) is 12.3. The Morgan fingerprint density at radius 2 is 1.91 bits per heavy atom. The summed E-state index contributed by atoms with van der Waals surface area (Å²) in [6.07, 6.45) is 1.15. The largest absolute Gasteiger partial charge is 0.399 e. The third-order valence-electron chi connectivity index (χ3n) is 3.78. The van der Waals surface area contributed by atoms with E-state index in [-0.39, 0.29) is 5.91 Å². The summed E-state index contributed by atoms with van der Waals surface area (Å²) in [5.74, 6) is 0.419. The molecule has 2 rings (SSSR count). The van der Waals surface area contributed by atoms with Crippen LogP contribution < -0.4 is 11.1 Å². The maximum absolute atomic E-state index is 12.3. The summed E-state index contributed by atoms with van der Waals surface area (Å²) in [6.45, 7) is 6.30. The number of para-hydroxylation sites is 1. The van der Waals surface area contributed by atoms with E-state index in [1.807, 2.05) is 43.3 Å². The van der Waals surface area contributed by atoms with Gasteiger partial charge in [-0.05, 0) is 48.1 Å². The van der Waals surface area contributed by atoms with Gasteiger partial charge in [0.1, 0.15) is 0 Å². The molecule has 3 nitrogen and oxygen atoms in total. The first-order chi connectivity index (χ1) is 10.5. The molecule has 3 heteroatoms. The topological polar surface area (TPSA) is 55.1 Å². The Hall–Kier alpha value is -2.29. The van der Waals surface area contributed by atoms with Crippen molar-refractivity contribution in [3.8, 4) is 0 Å². The van der Waals surface area contributed by atoms with Gasteiger partial charge in [-0.25, -0.2) is 0 Å². The van der Waals surface area contributed by atoms with E-state index in [9.17, 15) is 4.79 Å². The molecule has 0 radical (unpaired) electrons. The molecule has 0 aliphatic rings.